The van der Waals surface area contributed by atoms with Crippen LogP contribution in [0.15, 0.2) is 18.3 Å². The highest BCUT2D eigenvalue weighted by molar-refractivity contribution is 5.98. The lowest BCUT2D eigenvalue weighted by molar-refractivity contribution is 0.0700. The van der Waals surface area contributed by atoms with Crippen LogP contribution in [0.4, 0.5) is 5.82 Å². The average Bonchev–Trinajstić information content (AvgIpc) is 2.39. The number of rotatable bonds is 6. The van der Waals surface area contributed by atoms with Crippen LogP contribution in [0, 0.1) is 11.3 Å². The minimum Gasteiger partial charge on any atom is -0.383 e. The number of amides is 1. The van der Waals surface area contributed by atoms with Gasteiger partial charge >= 0.3 is 0 Å². The Bertz CT molecular complexity index is 442. The molecule has 6 nitrogen and oxygen atoms in total. The highest BCUT2D eigenvalue weighted by Gasteiger charge is 2.17. The van der Waals surface area contributed by atoms with E-state index in [0.717, 1.165) is 0 Å². The molecule has 0 aliphatic rings. The molecule has 0 aromatic carbocycles. The van der Waals surface area contributed by atoms with Crippen molar-refractivity contribution in [1.29, 1.82) is 5.26 Å². The van der Waals surface area contributed by atoms with Gasteiger partial charge in [0, 0.05) is 26.4 Å². The summed E-state index contributed by atoms with van der Waals surface area (Å²) in [5.74, 6) is -0.0326. The van der Waals surface area contributed by atoms with Crippen LogP contribution in [0.5, 0.6) is 0 Å². The molecule has 0 fully saturated rings. The standard InChI is InChI=1S/C12H16N4O2/c1-18-9-8-16(7-3-5-13)12(17)10-4-2-6-15-11(10)14/h2,4,6H,3,7-9H2,1H3,(H2,14,15). The Morgan fingerprint density at radius 1 is 1.61 bits per heavy atom. The lowest BCUT2D eigenvalue weighted by Crippen LogP contribution is -2.35. The Balaban J connectivity index is 2.81. The average molecular weight is 248 g/mol. The number of pyridine rings is 1. The molecule has 1 rings (SSSR count). The van der Waals surface area contributed by atoms with Gasteiger partial charge in [-0.05, 0) is 12.1 Å². The maximum Gasteiger partial charge on any atom is 0.257 e. The first-order valence-corrected chi connectivity index (χ1v) is 5.56. The topological polar surface area (TPSA) is 92.2 Å². The first-order valence-electron chi connectivity index (χ1n) is 5.56. The van der Waals surface area contributed by atoms with Crippen molar-refractivity contribution in [2.75, 3.05) is 32.5 Å². The van der Waals surface area contributed by atoms with E-state index in [9.17, 15) is 4.79 Å². The van der Waals surface area contributed by atoms with Crippen LogP contribution >= 0.6 is 0 Å². The molecule has 0 unspecified atom stereocenters. The molecule has 0 bridgehead atoms. The number of hydrogen-bond donors (Lipinski definition) is 1. The fourth-order valence-corrected chi connectivity index (χ4v) is 1.47. The van der Waals surface area contributed by atoms with E-state index in [1.807, 2.05) is 6.07 Å². The van der Waals surface area contributed by atoms with Crippen LogP contribution in [-0.4, -0.2) is 42.6 Å². The zero-order valence-corrected chi connectivity index (χ0v) is 10.3. The van der Waals surface area contributed by atoms with Gasteiger partial charge in [0.05, 0.1) is 24.7 Å². The first-order chi connectivity index (χ1) is 8.70. The van der Waals surface area contributed by atoms with Crippen molar-refractivity contribution in [1.82, 2.24) is 9.88 Å². The number of aromatic nitrogens is 1. The van der Waals surface area contributed by atoms with Gasteiger partial charge in [-0.25, -0.2) is 4.98 Å². The second-order valence-corrected chi connectivity index (χ2v) is 3.63. The third kappa shape index (κ3) is 3.71. The summed E-state index contributed by atoms with van der Waals surface area (Å²) < 4.78 is 4.94. The summed E-state index contributed by atoms with van der Waals surface area (Å²) in [4.78, 5) is 17.6. The van der Waals surface area contributed by atoms with Gasteiger partial charge in [0.1, 0.15) is 5.82 Å². The van der Waals surface area contributed by atoms with Crippen LogP contribution in [-0.2, 0) is 4.74 Å². The highest BCUT2D eigenvalue weighted by Crippen LogP contribution is 2.11. The number of nitrogen functional groups attached to an aromatic ring is 1. The van der Waals surface area contributed by atoms with Gasteiger partial charge in [-0.2, -0.15) is 5.26 Å². The molecule has 1 aromatic rings. The maximum atomic E-state index is 12.2. The number of nitrogens with two attached hydrogens (primary N) is 1. The van der Waals surface area contributed by atoms with Crippen LogP contribution in [0.3, 0.4) is 0 Å². The molecule has 1 amide bonds. The molecule has 96 valence electrons. The van der Waals surface area contributed by atoms with E-state index in [2.05, 4.69) is 4.98 Å². The largest absolute Gasteiger partial charge is 0.383 e. The smallest absolute Gasteiger partial charge is 0.257 e. The number of anilines is 1. The Morgan fingerprint density at radius 2 is 2.39 bits per heavy atom. The number of nitriles is 1. The fraction of sp³-hybridized carbons (Fsp3) is 0.417. The Hall–Kier alpha value is -2.13. The number of carbonyl (C=O) groups excluding carboxylic acids is 1. The van der Waals surface area contributed by atoms with Crippen molar-refractivity contribution in [2.45, 2.75) is 6.42 Å². The van der Waals surface area contributed by atoms with E-state index in [1.54, 1.807) is 24.1 Å². The molecule has 0 atom stereocenters. The summed E-state index contributed by atoms with van der Waals surface area (Å²) in [6.45, 7) is 1.19. The third-order valence-electron chi connectivity index (χ3n) is 2.42. The summed E-state index contributed by atoms with van der Waals surface area (Å²) in [5.41, 5.74) is 6.01. The SMILES string of the molecule is COCCN(CCC#N)C(=O)c1cccnc1N. The molecule has 0 radical (unpaired) electrons. The van der Waals surface area contributed by atoms with E-state index in [1.165, 1.54) is 6.20 Å². The second kappa shape index (κ2) is 7.25. The molecular formula is C12H16N4O2. The number of ether oxygens (including phenoxy) is 1. The van der Waals surface area contributed by atoms with Gasteiger partial charge in [0.15, 0.2) is 0 Å². The molecule has 6 heteroatoms. The molecule has 18 heavy (non-hydrogen) atoms. The summed E-state index contributed by atoms with van der Waals surface area (Å²) in [7, 11) is 1.56. The first kappa shape index (κ1) is 13.9. The number of nitrogens with zero attached hydrogens (tertiary/aromatic N) is 3. The fourth-order valence-electron chi connectivity index (χ4n) is 1.47. The quantitative estimate of drug-likeness (QED) is 0.798. The molecular weight excluding hydrogens is 232 g/mol. The van der Waals surface area contributed by atoms with Crippen molar-refractivity contribution in [3.05, 3.63) is 23.9 Å². The van der Waals surface area contributed by atoms with Gasteiger partial charge in [0.25, 0.3) is 5.91 Å². The number of hydrogen-bond acceptors (Lipinski definition) is 5. The predicted molar refractivity (Wildman–Crippen MR) is 66.7 cm³/mol. The van der Waals surface area contributed by atoms with Crippen molar-refractivity contribution < 1.29 is 9.53 Å². The molecule has 0 aliphatic heterocycles. The summed E-state index contributed by atoms with van der Waals surface area (Å²) in [6, 6.07) is 5.29. The Labute approximate surface area is 106 Å². The monoisotopic (exact) mass is 248 g/mol. The summed E-state index contributed by atoms with van der Waals surface area (Å²) >= 11 is 0. The lowest BCUT2D eigenvalue weighted by atomic mass is 10.2. The second-order valence-electron chi connectivity index (χ2n) is 3.63. The zero-order chi connectivity index (χ0) is 13.4. The van der Waals surface area contributed by atoms with E-state index < -0.39 is 0 Å². The van der Waals surface area contributed by atoms with Crippen molar-refractivity contribution >= 4 is 11.7 Å². The maximum absolute atomic E-state index is 12.2. The number of methoxy groups -OCH3 is 1. The van der Waals surface area contributed by atoms with Gasteiger partial charge in [-0.15, -0.1) is 0 Å². The molecule has 1 aromatic heterocycles. The molecule has 0 spiro atoms. The minimum absolute atomic E-state index is 0.196. The lowest BCUT2D eigenvalue weighted by Gasteiger charge is -2.21. The van der Waals surface area contributed by atoms with Crippen molar-refractivity contribution in [2.24, 2.45) is 0 Å². The predicted octanol–water partition coefficient (Wildman–Crippen LogP) is 0.666. The van der Waals surface area contributed by atoms with E-state index >= 15 is 0 Å². The Kier molecular flexibility index (Phi) is 5.61. The van der Waals surface area contributed by atoms with E-state index in [-0.39, 0.29) is 18.1 Å². The Morgan fingerprint density at radius 3 is 3.00 bits per heavy atom. The minimum atomic E-state index is -0.229. The zero-order valence-electron chi connectivity index (χ0n) is 10.3. The molecule has 0 saturated carbocycles. The van der Waals surface area contributed by atoms with Crippen LogP contribution in [0.2, 0.25) is 0 Å². The van der Waals surface area contributed by atoms with Crippen LogP contribution in [0.25, 0.3) is 0 Å². The van der Waals surface area contributed by atoms with Gasteiger partial charge in [-0.1, -0.05) is 0 Å². The van der Waals surface area contributed by atoms with Gasteiger partial charge in [-0.3, -0.25) is 4.79 Å². The molecule has 0 aliphatic carbocycles. The highest BCUT2D eigenvalue weighted by atomic mass is 16.5. The van der Waals surface area contributed by atoms with E-state index in [4.69, 9.17) is 15.7 Å². The van der Waals surface area contributed by atoms with Gasteiger partial charge in [0.2, 0.25) is 0 Å². The summed E-state index contributed by atoms with van der Waals surface area (Å²) in [5, 5.41) is 8.59. The van der Waals surface area contributed by atoms with Crippen LogP contribution < -0.4 is 5.73 Å². The number of carbonyl (C=O) groups is 1. The van der Waals surface area contributed by atoms with E-state index in [0.29, 0.717) is 25.3 Å². The molecule has 1 heterocycles. The normalized spacial score (nSPS) is 9.78. The van der Waals surface area contributed by atoms with Crippen molar-refractivity contribution in [3.8, 4) is 6.07 Å². The molecule has 0 saturated heterocycles. The molecule has 2 N–H and O–H groups in total. The third-order valence-corrected chi connectivity index (χ3v) is 2.42. The van der Waals surface area contributed by atoms with Gasteiger partial charge < -0.3 is 15.4 Å². The summed E-state index contributed by atoms with van der Waals surface area (Å²) in [6.07, 6.45) is 1.80. The van der Waals surface area contributed by atoms with Crippen LogP contribution in [0.1, 0.15) is 16.8 Å². The van der Waals surface area contributed by atoms with Crippen molar-refractivity contribution in [3.63, 3.8) is 0 Å².